The van der Waals surface area contributed by atoms with Gasteiger partial charge in [-0.3, -0.25) is 9.59 Å². The molecule has 1 aromatic carbocycles. The highest BCUT2D eigenvalue weighted by Crippen LogP contribution is 2.23. The van der Waals surface area contributed by atoms with Gasteiger partial charge in [0, 0.05) is 23.7 Å². The molecule has 8 nitrogen and oxygen atoms in total. The summed E-state index contributed by atoms with van der Waals surface area (Å²) in [6.45, 7) is 2.68. The van der Waals surface area contributed by atoms with Crippen molar-refractivity contribution in [3.8, 4) is 11.4 Å². The van der Waals surface area contributed by atoms with E-state index in [1.54, 1.807) is 29.2 Å². The van der Waals surface area contributed by atoms with E-state index in [1.807, 2.05) is 6.92 Å². The molecule has 1 saturated heterocycles. The molecule has 2 atom stereocenters. The number of carbonyl (C=O) groups excluding carboxylic acids is 1. The fourth-order valence-corrected chi connectivity index (χ4v) is 3.11. The molecular weight excluding hydrogens is 346 g/mol. The van der Waals surface area contributed by atoms with Crippen LogP contribution in [0.25, 0.3) is 11.4 Å². The monoisotopic (exact) mass is 363 g/mol. The van der Waals surface area contributed by atoms with Gasteiger partial charge in [-0.1, -0.05) is 18.5 Å². The van der Waals surface area contributed by atoms with Crippen LogP contribution in [0.1, 0.15) is 13.3 Å². The number of aliphatic carboxylic acids is 1. The second-order valence-corrected chi connectivity index (χ2v) is 6.64. The Morgan fingerprint density at radius 1 is 1.32 bits per heavy atom. The Morgan fingerprint density at radius 2 is 2.04 bits per heavy atom. The first kappa shape index (κ1) is 17.3. The smallest absolute Gasteiger partial charge is 0.306 e. The number of benzene rings is 1. The number of piperidine rings is 1. The lowest BCUT2D eigenvalue weighted by molar-refractivity contribution is -0.148. The highest BCUT2D eigenvalue weighted by molar-refractivity contribution is 6.30. The van der Waals surface area contributed by atoms with Crippen LogP contribution < -0.4 is 0 Å². The molecule has 0 spiro atoms. The zero-order valence-electron chi connectivity index (χ0n) is 13.7. The van der Waals surface area contributed by atoms with Crippen molar-refractivity contribution in [2.75, 3.05) is 13.1 Å². The van der Waals surface area contributed by atoms with Crippen LogP contribution in [-0.4, -0.2) is 55.2 Å². The molecule has 1 fully saturated rings. The van der Waals surface area contributed by atoms with Crippen LogP contribution in [0.5, 0.6) is 0 Å². The molecule has 1 amide bonds. The number of amides is 1. The number of tetrazole rings is 1. The Balaban J connectivity index is 1.62. The molecular formula is C16H18ClN5O3. The topological polar surface area (TPSA) is 101 Å². The van der Waals surface area contributed by atoms with Crippen molar-refractivity contribution >= 4 is 23.5 Å². The van der Waals surface area contributed by atoms with Gasteiger partial charge in [-0.25, -0.2) is 0 Å². The first-order valence-corrected chi connectivity index (χ1v) is 8.36. The van der Waals surface area contributed by atoms with Crippen LogP contribution in [0, 0.1) is 11.8 Å². The molecule has 25 heavy (non-hydrogen) atoms. The average molecular weight is 364 g/mol. The van der Waals surface area contributed by atoms with E-state index in [-0.39, 0.29) is 18.4 Å². The van der Waals surface area contributed by atoms with E-state index in [4.69, 9.17) is 16.7 Å². The van der Waals surface area contributed by atoms with E-state index in [2.05, 4.69) is 15.4 Å². The first-order chi connectivity index (χ1) is 11.9. The number of rotatable bonds is 4. The van der Waals surface area contributed by atoms with E-state index >= 15 is 0 Å². The molecule has 0 radical (unpaired) electrons. The molecule has 1 aliphatic rings. The summed E-state index contributed by atoms with van der Waals surface area (Å²) in [5.74, 6) is -1.00. The summed E-state index contributed by atoms with van der Waals surface area (Å²) >= 11 is 5.85. The standard InChI is InChI=1S/C16H18ClN5O3/c1-10-8-21(7-6-13(10)16(24)25)14(23)9-22-19-15(18-20-22)11-2-4-12(17)5-3-11/h2-5,10,13H,6-9H2,1H3,(H,24,25). The Bertz CT molecular complexity index is 776. The van der Waals surface area contributed by atoms with Gasteiger partial charge in [-0.2, -0.15) is 4.80 Å². The number of aromatic nitrogens is 4. The molecule has 1 aliphatic heterocycles. The van der Waals surface area contributed by atoms with Gasteiger partial charge in [-0.15, -0.1) is 10.2 Å². The second kappa shape index (κ2) is 7.18. The van der Waals surface area contributed by atoms with Crippen molar-refractivity contribution in [2.45, 2.75) is 19.9 Å². The van der Waals surface area contributed by atoms with Crippen molar-refractivity contribution in [3.63, 3.8) is 0 Å². The third kappa shape index (κ3) is 3.96. The van der Waals surface area contributed by atoms with Gasteiger partial charge in [0.25, 0.3) is 0 Å². The quantitative estimate of drug-likeness (QED) is 0.884. The number of carboxylic acid groups (broad SMARTS) is 1. The van der Waals surface area contributed by atoms with Crippen LogP contribution in [0.3, 0.4) is 0 Å². The van der Waals surface area contributed by atoms with Crippen LogP contribution in [0.4, 0.5) is 0 Å². The maximum Gasteiger partial charge on any atom is 0.306 e. The Morgan fingerprint density at radius 3 is 2.68 bits per heavy atom. The first-order valence-electron chi connectivity index (χ1n) is 7.98. The van der Waals surface area contributed by atoms with Gasteiger partial charge in [0.05, 0.1) is 5.92 Å². The summed E-state index contributed by atoms with van der Waals surface area (Å²) in [4.78, 5) is 26.5. The van der Waals surface area contributed by atoms with Gasteiger partial charge in [0.1, 0.15) is 6.54 Å². The maximum atomic E-state index is 12.4. The number of carboxylic acids is 1. The summed E-state index contributed by atoms with van der Waals surface area (Å²) in [5, 5.41) is 21.9. The molecule has 3 rings (SSSR count). The van der Waals surface area contributed by atoms with Gasteiger partial charge < -0.3 is 10.0 Å². The molecule has 0 saturated carbocycles. The predicted molar refractivity (Wildman–Crippen MR) is 89.7 cm³/mol. The van der Waals surface area contributed by atoms with Crippen LogP contribution in [0.15, 0.2) is 24.3 Å². The summed E-state index contributed by atoms with van der Waals surface area (Å²) < 4.78 is 0. The lowest BCUT2D eigenvalue weighted by atomic mass is 9.87. The third-order valence-electron chi connectivity index (χ3n) is 4.41. The largest absolute Gasteiger partial charge is 0.481 e. The van der Waals surface area contributed by atoms with Crippen molar-refractivity contribution < 1.29 is 14.7 Å². The maximum absolute atomic E-state index is 12.4. The number of halogens is 1. The third-order valence-corrected chi connectivity index (χ3v) is 4.66. The lowest BCUT2D eigenvalue weighted by Gasteiger charge is -2.34. The summed E-state index contributed by atoms with van der Waals surface area (Å²) in [7, 11) is 0. The van der Waals surface area contributed by atoms with Crippen molar-refractivity contribution in [2.24, 2.45) is 11.8 Å². The zero-order chi connectivity index (χ0) is 18.0. The van der Waals surface area contributed by atoms with Crippen LogP contribution in [-0.2, 0) is 16.1 Å². The van der Waals surface area contributed by atoms with Gasteiger partial charge in [0.2, 0.25) is 11.7 Å². The molecule has 1 aromatic heterocycles. The molecule has 132 valence electrons. The summed E-state index contributed by atoms with van der Waals surface area (Å²) in [6.07, 6.45) is 0.461. The van der Waals surface area contributed by atoms with Crippen molar-refractivity contribution in [1.82, 2.24) is 25.1 Å². The van der Waals surface area contributed by atoms with Crippen LogP contribution >= 0.6 is 11.6 Å². The van der Waals surface area contributed by atoms with Crippen LogP contribution in [0.2, 0.25) is 5.02 Å². The van der Waals surface area contributed by atoms with E-state index in [0.717, 1.165) is 5.56 Å². The molecule has 2 unspecified atom stereocenters. The molecule has 1 N–H and O–H groups in total. The Hall–Kier alpha value is -2.48. The van der Waals surface area contributed by atoms with Crippen molar-refractivity contribution in [1.29, 1.82) is 0 Å². The fourth-order valence-electron chi connectivity index (χ4n) is 2.98. The minimum Gasteiger partial charge on any atom is -0.481 e. The van der Waals surface area contributed by atoms with Crippen molar-refractivity contribution in [3.05, 3.63) is 29.3 Å². The highest BCUT2D eigenvalue weighted by Gasteiger charge is 2.33. The predicted octanol–water partition coefficient (Wildman–Crippen LogP) is 1.56. The fraction of sp³-hybridized carbons (Fsp3) is 0.438. The Kier molecular flexibility index (Phi) is 4.98. The second-order valence-electron chi connectivity index (χ2n) is 6.20. The lowest BCUT2D eigenvalue weighted by Crippen LogP contribution is -2.46. The highest BCUT2D eigenvalue weighted by atomic mass is 35.5. The van der Waals surface area contributed by atoms with Gasteiger partial charge in [-0.05, 0) is 41.8 Å². The number of likely N-dealkylation sites (tertiary alicyclic amines) is 1. The van der Waals surface area contributed by atoms with E-state index in [9.17, 15) is 9.59 Å². The van der Waals surface area contributed by atoms with Gasteiger partial charge >= 0.3 is 5.97 Å². The molecule has 2 aromatic rings. The Labute approximate surface area is 149 Å². The zero-order valence-corrected chi connectivity index (χ0v) is 14.4. The number of hydrogen-bond acceptors (Lipinski definition) is 5. The summed E-state index contributed by atoms with van der Waals surface area (Å²) in [5.41, 5.74) is 0.763. The number of nitrogens with zero attached hydrogens (tertiary/aromatic N) is 5. The minimum absolute atomic E-state index is 0.0228. The number of carbonyl (C=O) groups is 2. The van der Waals surface area contributed by atoms with Gasteiger partial charge in [0.15, 0.2) is 0 Å². The van der Waals surface area contributed by atoms with E-state index in [0.29, 0.717) is 30.4 Å². The molecule has 0 aliphatic carbocycles. The molecule has 9 heteroatoms. The normalized spacial score (nSPS) is 20.5. The SMILES string of the molecule is CC1CN(C(=O)Cn2nnc(-c3ccc(Cl)cc3)n2)CCC1C(=O)O. The average Bonchev–Trinajstić information content (AvgIpc) is 3.03. The molecule has 0 bridgehead atoms. The summed E-state index contributed by atoms with van der Waals surface area (Å²) in [6, 6.07) is 7.03. The van der Waals surface area contributed by atoms with E-state index in [1.165, 1.54) is 4.80 Å². The minimum atomic E-state index is -0.801. The molecule has 2 heterocycles. The number of hydrogen-bond donors (Lipinski definition) is 1. The van der Waals surface area contributed by atoms with E-state index < -0.39 is 11.9 Å².